The molecule has 0 aromatic heterocycles. The van der Waals surface area contributed by atoms with Crippen LogP contribution in [-0.4, -0.2) is 50.2 Å². The molecule has 0 radical (unpaired) electrons. The smallest absolute Gasteiger partial charge is 0.308 e. The van der Waals surface area contributed by atoms with Crippen LogP contribution in [0.2, 0.25) is 0 Å². The number of anilines is 1. The zero-order chi connectivity index (χ0) is 15.6. The van der Waals surface area contributed by atoms with Gasteiger partial charge in [0.25, 0.3) is 0 Å². The number of hydrogen-bond acceptors (Lipinski definition) is 5. The van der Waals surface area contributed by atoms with Crippen LogP contribution in [0.25, 0.3) is 0 Å². The van der Waals surface area contributed by atoms with E-state index < -0.39 is 22.2 Å². The molecule has 2 rings (SSSR count). The molecule has 1 aliphatic rings. The summed E-state index contributed by atoms with van der Waals surface area (Å²) in [4.78, 5) is 13.7. The lowest BCUT2D eigenvalue weighted by molar-refractivity contribution is -0.387. The molecule has 1 heterocycles. The highest BCUT2D eigenvalue weighted by molar-refractivity contribution is 5.60. The first-order valence-electron chi connectivity index (χ1n) is 6.53. The van der Waals surface area contributed by atoms with Gasteiger partial charge < -0.3 is 14.5 Å². The minimum absolute atomic E-state index is 0.0630. The van der Waals surface area contributed by atoms with Gasteiger partial charge in [-0.2, -0.15) is 4.39 Å². The van der Waals surface area contributed by atoms with E-state index in [1.165, 1.54) is 7.11 Å². The third-order valence-corrected chi connectivity index (χ3v) is 3.57. The van der Waals surface area contributed by atoms with E-state index >= 15 is 0 Å². The monoisotopic (exact) mass is 301 g/mol. The zero-order valence-electron chi connectivity index (χ0n) is 11.9. The number of benzene rings is 1. The van der Waals surface area contributed by atoms with Gasteiger partial charge in [-0.1, -0.05) is 0 Å². The van der Waals surface area contributed by atoms with Crippen molar-refractivity contribution in [2.75, 3.05) is 45.2 Å². The van der Waals surface area contributed by atoms with Crippen LogP contribution in [0.1, 0.15) is 5.56 Å². The molecule has 1 aromatic rings. The largest absolute Gasteiger partial charge is 0.380 e. The van der Waals surface area contributed by atoms with Gasteiger partial charge >= 0.3 is 5.69 Å². The van der Waals surface area contributed by atoms with Crippen molar-refractivity contribution in [2.24, 2.45) is 0 Å². The van der Waals surface area contributed by atoms with E-state index in [0.29, 0.717) is 32.2 Å². The number of nitrogens with zero attached hydrogens (tertiary/aromatic N) is 3. The standard InChI is InChI=1S/C13H17F2N3O3/c1-16-3-5-17(6-4-16)13-9(8-21-2)12(15)11(18(19)20)7-10(13)14/h7H,3-6,8H2,1-2H3. The maximum absolute atomic E-state index is 14.3. The molecule has 1 aliphatic heterocycles. The van der Waals surface area contributed by atoms with Crippen LogP contribution in [0.4, 0.5) is 20.2 Å². The van der Waals surface area contributed by atoms with Crippen molar-refractivity contribution < 1.29 is 18.4 Å². The minimum Gasteiger partial charge on any atom is -0.380 e. The first-order chi connectivity index (χ1) is 9.95. The zero-order valence-corrected chi connectivity index (χ0v) is 11.9. The Bertz CT molecular complexity index is 546. The van der Waals surface area contributed by atoms with Crippen LogP contribution in [0.3, 0.4) is 0 Å². The van der Waals surface area contributed by atoms with Crippen molar-refractivity contribution in [3.63, 3.8) is 0 Å². The summed E-state index contributed by atoms with van der Waals surface area (Å²) in [6, 6.07) is 0.641. The van der Waals surface area contributed by atoms with Crippen LogP contribution in [0.5, 0.6) is 0 Å². The van der Waals surface area contributed by atoms with Crippen LogP contribution in [-0.2, 0) is 11.3 Å². The SMILES string of the molecule is COCc1c(F)c([N+](=O)[O-])cc(F)c1N1CCN(C)CC1. The van der Waals surface area contributed by atoms with Gasteiger partial charge in [-0.15, -0.1) is 0 Å². The molecular formula is C13H17F2N3O3. The van der Waals surface area contributed by atoms with Crippen molar-refractivity contribution >= 4 is 11.4 Å². The normalized spacial score (nSPS) is 16.3. The van der Waals surface area contributed by atoms with Gasteiger partial charge in [0.2, 0.25) is 5.82 Å². The Morgan fingerprint density at radius 2 is 1.95 bits per heavy atom. The Hall–Kier alpha value is -1.80. The summed E-state index contributed by atoms with van der Waals surface area (Å²) in [5.74, 6) is -1.82. The third kappa shape index (κ3) is 3.11. The molecule has 8 heteroatoms. The van der Waals surface area contributed by atoms with E-state index in [1.54, 1.807) is 4.90 Å². The lowest BCUT2D eigenvalue weighted by Crippen LogP contribution is -2.45. The maximum atomic E-state index is 14.3. The third-order valence-electron chi connectivity index (χ3n) is 3.57. The number of likely N-dealkylation sites (N-methyl/N-ethyl adjacent to an activating group) is 1. The van der Waals surface area contributed by atoms with Gasteiger partial charge in [0.05, 0.1) is 23.3 Å². The number of halogens is 2. The number of ether oxygens (including phenoxy) is 1. The van der Waals surface area contributed by atoms with Gasteiger partial charge in [0, 0.05) is 38.9 Å². The van der Waals surface area contributed by atoms with Gasteiger partial charge in [-0.25, -0.2) is 4.39 Å². The average Bonchev–Trinajstić information content (AvgIpc) is 2.44. The molecule has 6 nitrogen and oxygen atoms in total. The molecular weight excluding hydrogens is 284 g/mol. The predicted octanol–water partition coefficient (Wildman–Crippen LogP) is 1.77. The van der Waals surface area contributed by atoms with Gasteiger partial charge in [-0.3, -0.25) is 10.1 Å². The molecule has 1 saturated heterocycles. The fraction of sp³-hybridized carbons (Fsp3) is 0.538. The van der Waals surface area contributed by atoms with Gasteiger partial charge in [0.15, 0.2) is 5.82 Å². The highest BCUT2D eigenvalue weighted by atomic mass is 19.1. The number of nitro groups is 1. The number of rotatable bonds is 4. The van der Waals surface area contributed by atoms with Crippen LogP contribution >= 0.6 is 0 Å². The first-order valence-corrected chi connectivity index (χ1v) is 6.53. The highest BCUT2D eigenvalue weighted by Crippen LogP contribution is 2.34. The molecule has 116 valence electrons. The molecule has 0 N–H and O–H groups in total. The van der Waals surface area contributed by atoms with Crippen molar-refractivity contribution in [3.8, 4) is 0 Å². The molecule has 0 aliphatic carbocycles. The molecule has 0 atom stereocenters. The number of piperazine rings is 1. The second-order valence-corrected chi connectivity index (χ2v) is 5.00. The average molecular weight is 301 g/mol. The highest BCUT2D eigenvalue weighted by Gasteiger charge is 2.29. The molecule has 0 spiro atoms. The Kier molecular flexibility index (Phi) is 4.69. The lowest BCUT2D eigenvalue weighted by Gasteiger charge is -2.35. The Morgan fingerprint density at radius 3 is 2.48 bits per heavy atom. The molecule has 0 bridgehead atoms. The Labute approximate surface area is 121 Å². The summed E-state index contributed by atoms with van der Waals surface area (Å²) < 4.78 is 33.4. The van der Waals surface area contributed by atoms with Crippen molar-refractivity contribution in [1.29, 1.82) is 0 Å². The second-order valence-electron chi connectivity index (χ2n) is 5.00. The molecule has 1 aromatic carbocycles. The van der Waals surface area contributed by atoms with Crippen LogP contribution < -0.4 is 4.90 Å². The molecule has 0 amide bonds. The summed E-state index contributed by atoms with van der Waals surface area (Å²) in [7, 11) is 3.28. The second kappa shape index (κ2) is 6.31. The molecule has 1 fully saturated rings. The summed E-state index contributed by atoms with van der Waals surface area (Å²) >= 11 is 0. The van der Waals surface area contributed by atoms with E-state index in [2.05, 4.69) is 4.90 Å². The van der Waals surface area contributed by atoms with E-state index in [-0.39, 0.29) is 17.9 Å². The topological polar surface area (TPSA) is 58.9 Å². The quantitative estimate of drug-likeness (QED) is 0.626. The van der Waals surface area contributed by atoms with E-state index in [9.17, 15) is 18.9 Å². The van der Waals surface area contributed by atoms with Crippen molar-refractivity contribution in [2.45, 2.75) is 6.61 Å². The van der Waals surface area contributed by atoms with Crippen LogP contribution in [0, 0.1) is 21.7 Å². The summed E-state index contributed by atoms with van der Waals surface area (Å²) in [5.41, 5.74) is -0.903. The minimum atomic E-state index is -1.03. The molecule has 0 saturated carbocycles. The maximum Gasteiger partial charge on any atom is 0.308 e. The number of nitro benzene ring substituents is 1. The fourth-order valence-electron chi connectivity index (χ4n) is 2.44. The van der Waals surface area contributed by atoms with Gasteiger partial charge in [0.1, 0.15) is 0 Å². The fourth-order valence-corrected chi connectivity index (χ4v) is 2.44. The van der Waals surface area contributed by atoms with Crippen molar-refractivity contribution in [1.82, 2.24) is 4.90 Å². The molecule has 0 unspecified atom stereocenters. The molecule has 21 heavy (non-hydrogen) atoms. The van der Waals surface area contributed by atoms with Crippen molar-refractivity contribution in [3.05, 3.63) is 33.4 Å². The number of hydrogen-bond donors (Lipinski definition) is 0. The summed E-state index contributed by atoms with van der Waals surface area (Å²) in [5, 5.41) is 10.8. The number of methoxy groups -OCH3 is 1. The Morgan fingerprint density at radius 1 is 1.33 bits per heavy atom. The summed E-state index contributed by atoms with van der Waals surface area (Å²) in [6.07, 6.45) is 0. The Balaban J connectivity index is 2.48. The summed E-state index contributed by atoms with van der Waals surface area (Å²) in [6.45, 7) is 2.27. The first kappa shape index (κ1) is 15.6. The van der Waals surface area contributed by atoms with E-state index in [0.717, 1.165) is 0 Å². The van der Waals surface area contributed by atoms with Crippen LogP contribution in [0.15, 0.2) is 6.07 Å². The van der Waals surface area contributed by atoms with E-state index in [1.807, 2.05) is 7.05 Å². The lowest BCUT2D eigenvalue weighted by atomic mass is 10.1. The van der Waals surface area contributed by atoms with E-state index in [4.69, 9.17) is 4.74 Å². The van der Waals surface area contributed by atoms with Gasteiger partial charge in [-0.05, 0) is 7.05 Å². The predicted molar refractivity (Wildman–Crippen MR) is 73.4 cm³/mol.